The van der Waals surface area contributed by atoms with Crippen LogP contribution >= 0.6 is 0 Å². The summed E-state index contributed by atoms with van der Waals surface area (Å²) in [6.07, 6.45) is 1.45. The summed E-state index contributed by atoms with van der Waals surface area (Å²) < 4.78 is 11.1. The number of carbonyl (C=O) groups excluding carboxylic acids is 2. The third-order valence-corrected chi connectivity index (χ3v) is 4.14. The zero-order chi connectivity index (χ0) is 17.8. The third-order valence-electron chi connectivity index (χ3n) is 4.14. The Kier molecular flexibility index (Phi) is 5.07. The summed E-state index contributed by atoms with van der Waals surface area (Å²) in [6.45, 7) is 4.35. The zero-order valence-electron chi connectivity index (χ0n) is 14.5. The molecular formula is C19H22N2O4. The van der Waals surface area contributed by atoms with Crippen LogP contribution < -0.4 is 15.0 Å². The van der Waals surface area contributed by atoms with Crippen molar-refractivity contribution < 1.29 is 18.7 Å². The predicted octanol–water partition coefficient (Wildman–Crippen LogP) is 2.97. The van der Waals surface area contributed by atoms with Gasteiger partial charge >= 0.3 is 0 Å². The molecule has 0 bridgehead atoms. The van der Waals surface area contributed by atoms with E-state index in [1.165, 1.54) is 0 Å². The molecule has 132 valence electrons. The Morgan fingerprint density at radius 2 is 2.20 bits per heavy atom. The molecule has 2 aromatic rings. The number of hydrogen-bond donors (Lipinski definition) is 1. The van der Waals surface area contributed by atoms with Crippen LogP contribution in [0.5, 0.6) is 5.75 Å². The van der Waals surface area contributed by atoms with Gasteiger partial charge in [0.2, 0.25) is 5.91 Å². The summed E-state index contributed by atoms with van der Waals surface area (Å²) in [5, 5.41) is 2.83. The minimum Gasteiger partial charge on any atom is -0.484 e. The van der Waals surface area contributed by atoms with E-state index in [1.807, 2.05) is 38.1 Å². The largest absolute Gasteiger partial charge is 0.484 e. The average molecular weight is 342 g/mol. The van der Waals surface area contributed by atoms with Gasteiger partial charge in [-0.25, -0.2) is 0 Å². The maximum atomic E-state index is 12.1. The number of hydrogen-bond acceptors (Lipinski definition) is 4. The number of rotatable bonds is 6. The summed E-state index contributed by atoms with van der Waals surface area (Å²) in [4.78, 5) is 25.6. The Hall–Kier alpha value is -2.76. The van der Waals surface area contributed by atoms with E-state index in [0.717, 1.165) is 24.4 Å². The normalized spacial score (nSPS) is 15.3. The van der Waals surface area contributed by atoms with Crippen LogP contribution in [-0.4, -0.2) is 25.0 Å². The van der Waals surface area contributed by atoms with Crippen molar-refractivity contribution in [2.24, 2.45) is 0 Å². The molecule has 1 fully saturated rings. The topological polar surface area (TPSA) is 71.8 Å². The van der Waals surface area contributed by atoms with Gasteiger partial charge in [-0.05, 0) is 44.5 Å². The molecule has 1 atom stereocenters. The molecule has 1 aromatic heterocycles. The van der Waals surface area contributed by atoms with Gasteiger partial charge in [-0.1, -0.05) is 6.07 Å². The Labute approximate surface area is 146 Å². The van der Waals surface area contributed by atoms with E-state index in [4.69, 9.17) is 9.15 Å². The number of benzene rings is 1. The van der Waals surface area contributed by atoms with Crippen LogP contribution in [0.25, 0.3) is 0 Å². The van der Waals surface area contributed by atoms with Crippen molar-refractivity contribution >= 4 is 17.5 Å². The lowest BCUT2D eigenvalue weighted by atomic mass is 10.2. The fourth-order valence-electron chi connectivity index (χ4n) is 2.85. The molecule has 1 aliphatic rings. The Bertz CT molecular complexity index is 768. The second kappa shape index (κ2) is 7.42. The van der Waals surface area contributed by atoms with Crippen molar-refractivity contribution in [3.63, 3.8) is 0 Å². The number of nitrogens with zero attached hydrogens (tertiary/aromatic N) is 1. The second-order valence-electron chi connectivity index (χ2n) is 6.17. The molecule has 0 radical (unpaired) electrons. The number of amides is 2. The van der Waals surface area contributed by atoms with Crippen LogP contribution in [0.1, 0.15) is 37.3 Å². The highest BCUT2D eigenvalue weighted by molar-refractivity contribution is 5.95. The molecule has 25 heavy (non-hydrogen) atoms. The number of nitrogens with one attached hydrogen (secondary N) is 1. The third kappa shape index (κ3) is 4.21. The highest BCUT2D eigenvalue weighted by Gasteiger charge is 2.22. The first kappa shape index (κ1) is 17.1. The van der Waals surface area contributed by atoms with Crippen molar-refractivity contribution in [2.75, 3.05) is 18.1 Å². The van der Waals surface area contributed by atoms with Crippen molar-refractivity contribution in [3.8, 4) is 5.75 Å². The van der Waals surface area contributed by atoms with E-state index in [-0.39, 0.29) is 24.5 Å². The highest BCUT2D eigenvalue weighted by Crippen LogP contribution is 2.25. The van der Waals surface area contributed by atoms with Gasteiger partial charge in [-0.3, -0.25) is 9.59 Å². The molecule has 1 unspecified atom stereocenters. The van der Waals surface area contributed by atoms with Crippen LogP contribution in [0, 0.1) is 6.92 Å². The number of carbonyl (C=O) groups is 2. The van der Waals surface area contributed by atoms with Gasteiger partial charge in [0.25, 0.3) is 5.91 Å². The number of aryl methyl sites for hydroxylation is 1. The molecule has 1 N–H and O–H groups in total. The molecule has 0 aliphatic carbocycles. The van der Waals surface area contributed by atoms with Crippen molar-refractivity contribution in [3.05, 3.63) is 47.9 Å². The molecule has 0 saturated carbocycles. The van der Waals surface area contributed by atoms with E-state index < -0.39 is 0 Å². The predicted molar refractivity (Wildman–Crippen MR) is 93.5 cm³/mol. The van der Waals surface area contributed by atoms with Crippen molar-refractivity contribution in [1.29, 1.82) is 0 Å². The van der Waals surface area contributed by atoms with E-state index >= 15 is 0 Å². The smallest absolute Gasteiger partial charge is 0.258 e. The number of anilines is 1. The molecule has 2 heterocycles. The summed E-state index contributed by atoms with van der Waals surface area (Å²) >= 11 is 0. The summed E-state index contributed by atoms with van der Waals surface area (Å²) in [5.74, 6) is 1.97. The highest BCUT2D eigenvalue weighted by atomic mass is 16.5. The molecule has 6 nitrogen and oxygen atoms in total. The second-order valence-corrected chi connectivity index (χ2v) is 6.17. The van der Waals surface area contributed by atoms with E-state index in [1.54, 1.807) is 17.0 Å². The number of furan rings is 1. The fourth-order valence-corrected chi connectivity index (χ4v) is 2.85. The monoisotopic (exact) mass is 342 g/mol. The lowest BCUT2D eigenvalue weighted by Crippen LogP contribution is -2.31. The van der Waals surface area contributed by atoms with E-state index in [2.05, 4.69) is 5.32 Å². The minimum absolute atomic E-state index is 0.0958. The first-order chi connectivity index (χ1) is 12.0. The van der Waals surface area contributed by atoms with E-state index in [0.29, 0.717) is 17.9 Å². The first-order valence-electron chi connectivity index (χ1n) is 8.42. The van der Waals surface area contributed by atoms with Gasteiger partial charge in [0, 0.05) is 24.7 Å². The molecule has 1 aromatic carbocycles. The minimum atomic E-state index is -0.232. The van der Waals surface area contributed by atoms with Gasteiger partial charge in [-0.2, -0.15) is 0 Å². The maximum absolute atomic E-state index is 12.1. The Morgan fingerprint density at radius 3 is 2.88 bits per heavy atom. The van der Waals surface area contributed by atoms with Crippen molar-refractivity contribution in [2.45, 2.75) is 32.7 Å². The average Bonchev–Trinajstić information content (AvgIpc) is 3.21. The van der Waals surface area contributed by atoms with E-state index in [9.17, 15) is 9.59 Å². The maximum Gasteiger partial charge on any atom is 0.258 e. The van der Waals surface area contributed by atoms with Crippen LogP contribution in [-0.2, 0) is 9.59 Å². The Balaban J connectivity index is 1.54. The molecular weight excluding hydrogens is 320 g/mol. The van der Waals surface area contributed by atoms with Gasteiger partial charge < -0.3 is 19.4 Å². The van der Waals surface area contributed by atoms with Gasteiger partial charge in [0.05, 0.1) is 6.04 Å². The summed E-state index contributed by atoms with van der Waals surface area (Å²) in [6, 6.07) is 10.7. The Morgan fingerprint density at radius 1 is 1.36 bits per heavy atom. The zero-order valence-corrected chi connectivity index (χ0v) is 14.5. The lowest BCUT2D eigenvalue weighted by Gasteiger charge is -2.17. The molecule has 1 saturated heterocycles. The van der Waals surface area contributed by atoms with Gasteiger partial charge in [0.15, 0.2) is 6.61 Å². The lowest BCUT2D eigenvalue weighted by molar-refractivity contribution is -0.124. The van der Waals surface area contributed by atoms with Gasteiger partial charge in [-0.15, -0.1) is 0 Å². The van der Waals surface area contributed by atoms with Crippen LogP contribution in [0.2, 0.25) is 0 Å². The quantitative estimate of drug-likeness (QED) is 0.876. The SMILES string of the molecule is Cc1ccc(C(C)NC(=O)COc2cccc(N3CCCC3=O)c2)o1. The fraction of sp³-hybridized carbons (Fsp3) is 0.368. The molecule has 2 amide bonds. The molecule has 6 heteroatoms. The number of ether oxygens (including phenoxy) is 1. The summed E-state index contributed by atoms with van der Waals surface area (Å²) in [7, 11) is 0. The standard InChI is InChI=1S/C19H22N2O4/c1-13-8-9-17(25-13)14(2)20-18(22)12-24-16-6-3-5-15(11-16)21-10-4-7-19(21)23/h3,5-6,8-9,11,14H,4,7,10,12H2,1-2H3,(H,20,22). The molecule has 0 spiro atoms. The molecule has 1 aliphatic heterocycles. The molecule has 3 rings (SSSR count). The van der Waals surface area contributed by atoms with Crippen LogP contribution in [0.15, 0.2) is 40.8 Å². The van der Waals surface area contributed by atoms with Crippen LogP contribution in [0.4, 0.5) is 5.69 Å². The van der Waals surface area contributed by atoms with Crippen LogP contribution in [0.3, 0.4) is 0 Å². The van der Waals surface area contributed by atoms with Crippen molar-refractivity contribution in [1.82, 2.24) is 5.32 Å². The summed E-state index contributed by atoms with van der Waals surface area (Å²) in [5.41, 5.74) is 0.805. The van der Waals surface area contributed by atoms with Gasteiger partial charge in [0.1, 0.15) is 17.3 Å². The first-order valence-corrected chi connectivity index (χ1v) is 8.42.